The first-order valence-corrected chi connectivity index (χ1v) is 7.79. The number of hydrogen-bond donors (Lipinski definition) is 0. The van der Waals surface area contributed by atoms with E-state index in [1.54, 1.807) is 18.2 Å². The van der Waals surface area contributed by atoms with Crippen LogP contribution in [0.4, 0.5) is 8.78 Å². The molecule has 1 aromatic heterocycles. The highest BCUT2D eigenvalue weighted by atomic mass is 32.1. The number of rotatable bonds is 7. The summed E-state index contributed by atoms with van der Waals surface area (Å²) < 4.78 is 33.9. The number of ketones is 1. The molecule has 2 aromatic rings. The maximum Gasteiger partial charge on any atom is 0.387 e. The number of benzene rings is 1. The Balaban J connectivity index is 2.14. The largest absolute Gasteiger partial charge is 0.493 e. The van der Waals surface area contributed by atoms with E-state index in [-0.39, 0.29) is 17.3 Å². The van der Waals surface area contributed by atoms with Gasteiger partial charge in [-0.05, 0) is 42.3 Å². The topological polar surface area (TPSA) is 35.5 Å². The van der Waals surface area contributed by atoms with Crippen LogP contribution in [0.2, 0.25) is 0 Å². The summed E-state index contributed by atoms with van der Waals surface area (Å²) in [6.45, 7) is -0.885. The fourth-order valence-corrected chi connectivity index (χ4v) is 2.80. The van der Waals surface area contributed by atoms with Gasteiger partial charge < -0.3 is 9.47 Å². The number of carbonyl (C=O) groups is 1. The monoisotopic (exact) mass is 338 g/mol. The molecule has 0 radical (unpaired) electrons. The Morgan fingerprint density at radius 3 is 2.65 bits per heavy atom. The number of methoxy groups -OCH3 is 1. The third-order valence-corrected chi connectivity index (χ3v) is 4.33. The van der Waals surface area contributed by atoms with Crippen LogP contribution in [0.15, 0.2) is 36.4 Å². The zero-order valence-electron chi connectivity index (χ0n) is 12.7. The van der Waals surface area contributed by atoms with Gasteiger partial charge in [-0.1, -0.05) is 19.1 Å². The SMILES string of the molecule is CCc1ccc(C(=O)/C=C/c2ccc(OC(F)F)c(OC)c2)s1. The lowest BCUT2D eigenvalue weighted by atomic mass is 10.1. The molecule has 0 fully saturated rings. The molecule has 0 unspecified atom stereocenters. The van der Waals surface area contributed by atoms with Gasteiger partial charge in [0, 0.05) is 4.88 Å². The first-order valence-electron chi connectivity index (χ1n) is 6.97. The number of allylic oxidation sites excluding steroid dienone is 1. The van der Waals surface area contributed by atoms with Crippen molar-refractivity contribution in [2.45, 2.75) is 20.0 Å². The van der Waals surface area contributed by atoms with Gasteiger partial charge in [0.05, 0.1) is 12.0 Å². The Morgan fingerprint density at radius 2 is 2.04 bits per heavy atom. The molecule has 0 aliphatic rings. The first-order chi connectivity index (χ1) is 11.0. The van der Waals surface area contributed by atoms with Crippen molar-refractivity contribution in [3.63, 3.8) is 0 Å². The summed E-state index contributed by atoms with van der Waals surface area (Å²) in [7, 11) is 1.37. The van der Waals surface area contributed by atoms with Crippen molar-refractivity contribution in [2.24, 2.45) is 0 Å². The molecule has 122 valence electrons. The average Bonchev–Trinajstić information content (AvgIpc) is 3.02. The molecule has 6 heteroatoms. The number of thiophene rings is 1. The molecular formula is C17H16F2O3S. The van der Waals surface area contributed by atoms with Gasteiger partial charge >= 0.3 is 6.61 Å². The highest BCUT2D eigenvalue weighted by molar-refractivity contribution is 7.14. The van der Waals surface area contributed by atoms with Gasteiger partial charge in [0.2, 0.25) is 0 Å². The predicted octanol–water partition coefficient (Wildman–Crippen LogP) is 4.82. The summed E-state index contributed by atoms with van der Waals surface area (Å²) in [6.07, 6.45) is 3.96. The Morgan fingerprint density at radius 1 is 1.26 bits per heavy atom. The molecule has 0 amide bonds. The van der Waals surface area contributed by atoms with E-state index in [4.69, 9.17) is 4.74 Å². The van der Waals surface area contributed by atoms with Crippen molar-refractivity contribution in [1.29, 1.82) is 0 Å². The molecule has 2 rings (SSSR count). The van der Waals surface area contributed by atoms with E-state index in [2.05, 4.69) is 4.74 Å². The van der Waals surface area contributed by atoms with Crippen LogP contribution in [-0.4, -0.2) is 19.5 Å². The second-order valence-electron chi connectivity index (χ2n) is 4.61. The molecule has 0 atom stereocenters. The molecule has 3 nitrogen and oxygen atoms in total. The van der Waals surface area contributed by atoms with E-state index in [1.165, 1.54) is 36.7 Å². The highest BCUT2D eigenvalue weighted by Gasteiger charge is 2.11. The van der Waals surface area contributed by atoms with Gasteiger partial charge in [0.1, 0.15) is 0 Å². The summed E-state index contributed by atoms with van der Waals surface area (Å²) in [6, 6.07) is 8.24. The number of ether oxygens (including phenoxy) is 2. The Bertz CT molecular complexity index is 708. The van der Waals surface area contributed by atoms with Gasteiger partial charge in [-0.3, -0.25) is 4.79 Å². The molecule has 0 aliphatic carbocycles. The van der Waals surface area contributed by atoms with E-state index in [9.17, 15) is 13.6 Å². The molecule has 0 spiro atoms. The zero-order valence-corrected chi connectivity index (χ0v) is 13.5. The lowest BCUT2D eigenvalue weighted by Gasteiger charge is -2.10. The van der Waals surface area contributed by atoms with Crippen molar-refractivity contribution in [3.8, 4) is 11.5 Å². The highest BCUT2D eigenvalue weighted by Crippen LogP contribution is 2.30. The smallest absolute Gasteiger partial charge is 0.387 e. The molecule has 0 saturated heterocycles. The Kier molecular flexibility index (Phi) is 5.87. The van der Waals surface area contributed by atoms with E-state index in [0.29, 0.717) is 10.4 Å². The van der Waals surface area contributed by atoms with Crippen LogP contribution in [0.25, 0.3) is 6.08 Å². The van der Waals surface area contributed by atoms with Crippen LogP contribution in [0.5, 0.6) is 11.5 Å². The molecule has 1 aromatic carbocycles. The van der Waals surface area contributed by atoms with Crippen molar-refractivity contribution in [2.75, 3.05) is 7.11 Å². The van der Waals surface area contributed by atoms with Gasteiger partial charge in [0.15, 0.2) is 17.3 Å². The molecule has 0 bridgehead atoms. The second kappa shape index (κ2) is 7.87. The average molecular weight is 338 g/mol. The maximum atomic E-state index is 12.3. The fourth-order valence-electron chi connectivity index (χ4n) is 1.94. The third-order valence-electron chi connectivity index (χ3n) is 3.08. The van der Waals surface area contributed by atoms with Crippen LogP contribution in [0.3, 0.4) is 0 Å². The number of alkyl halides is 2. The van der Waals surface area contributed by atoms with Gasteiger partial charge in [0.25, 0.3) is 0 Å². The van der Waals surface area contributed by atoms with Gasteiger partial charge in [-0.15, -0.1) is 11.3 Å². The summed E-state index contributed by atoms with van der Waals surface area (Å²) in [5, 5.41) is 0. The molecule has 0 N–H and O–H groups in total. The predicted molar refractivity (Wildman–Crippen MR) is 86.7 cm³/mol. The summed E-state index contributed by atoms with van der Waals surface area (Å²) in [5.74, 6) is 0.0442. The van der Waals surface area contributed by atoms with Crippen molar-refractivity contribution >= 4 is 23.2 Å². The number of halogens is 2. The standard InChI is InChI=1S/C17H16F2O3S/c1-3-12-6-9-16(23-12)13(20)7-4-11-5-8-14(22-17(18)19)15(10-11)21-2/h4-10,17H,3H2,1-2H3/b7-4+. The molecule has 0 aliphatic heterocycles. The van der Waals surface area contributed by atoms with Crippen LogP contribution in [-0.2, 0) is 6.42 Å². The zero-order chi connectivity index (χ0) is 16.8. The lowest BCUT2D eigenvalue weighted by Crippen LogP contribution is -2.03. The van der Waals surface area contributed by atoms with Crippen molar-refractivity contribution < 1.29 is 23.0 Å². The quantitative estimate of drug-likeness (QED) is 0.536. The minimum atomic E-state index is -2.92. The van der Waals surface area contributed by atoms with Crippen LogP contribution in [0, 0.1) is 0 Å². The molecule has 23 heavy (non-hydrogen) atoms. The van der Waals surface area contributed by atoms with E-state index < -0.39 is 6.61 Å². The van der Waals surface area contributed by atoms with Gasteiger partial charge in [-0.25, -0.2) is 0 Å². The van der Waals surface area contributed by atoms with Crippen LogP contribution < -0.4 is 9.47 Å². The van der Waals surface area contributed by atoms with Crippen molar-refractivity contribution in [3.05, 3.63) is 51.7 Å². The van der Waals surface area contributed by atoms with Crippen molar-refractivity contribution in [1.82, 2.24) is 0 Å². The first kappa shape index (κ1) is 17.1. The summed E-state index contributed by atoms with van der Waals surface area (Å²) in [5.41, 5.74) is 0.657. The minimum Gasteiger partial charge on any atom is -0.493 e. The normalized spacial score (nSPS) is 11.2. The minimum absolute atomic E-state index is 0.0446. The van der Waals surface area contributed by atoms with Crippen LogP contribution in [0.1, 0.15) is 27.0 Å². The molecule has 1 heterocycles. The fraction of sp³-hybridized carbons (Fsp3) is 0.235. The number of aryl methyl sites for hydroxylation is 1. The third kappa shape index (κ3) is 4.63. The number of carbonyl (C=O) groups excluding carboxylic acids is 1. The second-order valence-corrected chi connectivity index (χ2v) is 5.77. The van der Waals surface area contributed by atoms with Gasteiger partial charge in [-0.2, -0.15) is 8.78 Å². The number of hydrogen-bond acceptors (Lipinski definition) is 4. The van der Waals surface area contributed by atoms with E-state index in [0.717, 1.165) is 11.3 Å². The van der Waals surface area contributed by atoms with E-state index >= 15 is 0 Å². The summed E-state index contributed by atoms with van der Waals surface area (Å²) in [4.78, 5) is 13.9. The Labute approximate surface area is 137 Å². The molecular weight excluding hydrogens is 322 g/mol. The van der Waals surface area contributed by atoms with E-state index in [1.807, 2.05) is 13.0 Å². The molecule has 0 saturated carbocycles. The lowest BCUT2D eigenvalue weighted by molar-refractivity contribution is -0.0512. The Hall–Kier alpha value is -2.21. The summed E-state index contributed by atoms with van der Waals surface area (Å²) >= 11 is 1.46. The maximum absolute atomic E-state index is 12.3. The van der Waals surface area contributed by atoms with Crippen LogP contribution >= 0.6 is 11.3 Å².